The van der Waals surface area contributed by atoms with Gasteiger partial charge >= 0.3 is 0 Å². The molecule has 0 aliphatic heterocycles. The number of carbonyl (C=O) groups excluding carboxylic acids is 1. The van der Waals surface area contributed by atoms with Crippen LogP contribution in [0.25, 0.3) is 0 Å². The third-order valence-corrected chi connectivity index (χ3v) is 8.60. The van der Waals surface area contributed by atoms with Crippen LogP contribution in [0.3, 0.4) is 0 Å². The van der Waals surface area contributed by atoms with Crippen molar-refractivity contribution in [3.8, 4) is 0 Å². The van der Waals surface area contributed by atoms with Gasteiger partial charge in [-0.2, -0.15) is 0 Å². The monoisotopic (exact) mass is 383 g/mol. The van der Waals surface area contributed by atoms with E-state index in [1.165, 1.54) is 36.8 Å². The molecule has 6 atom stereocenters. The molecule has 0 spiro atoms. The summed E-state index contributed by atoms with van der Waals surface area (Å²) in [6.45, 7) is 4.98. The minimum Gasteiger partial charge on any atom is -0.295 e. The maximum Gasteiger partial charge on any atom is 0.156 e. The molecule has 5 rings (SSSR count). The SMILES string of the molecule is C[C@]12CCC(=O)C=C1C=C[C@@H]1[C@@H]2CC[C@]2(C)C(c3cccnc3)CC[C@@H]12.Cl. The standard InChI is InChI=1S/C24H29NO.ClH/c1-23-11-9-18(26)14-17(23)5-6-19-21-8-7-20(16-4-3-13-25-15-16)24(21,2)12-10-22(19)23;/h3-6,13-15,19-22H,7-12H2,1-2H3;1H/t19-,20?,21-,22-,23-,24+;/m0./s1. The number of allylic oxidation sites excluding steroid dienone is 4. The minimum absolute atomic E-state index is 0. The fraction of sp³-hybridized carbons (Fsp3) is 0.583. The normalized spacial score (nSPS) is 42.4. The molecule has 144 valence electrons. The lowest BCUT2D eigenvalue weighted by Gasteiger charge is -2.56. The predicted molar refractivity (Wildman–Crippen MR) is 111 cm³/mol. The van der Waals surface area contributed by atoms with Gasteiger partial charge in [-0.1, -0.05) is 32.1 Å². The molecule has 0 aromatic carbocycles. The Kier molecular flexibility index (Phi) is 4.62. The summed E-state index contributed by atoms with van der Waals surface area (Å²) < 4.78 is 0. The molecular weight excluding hydrogens is 354 g/mol. The van der Waals surface area contributed by atoms with E-state index in [0.717, 1.165) is 18.8 Å². The second-order valence-corrected chi connectivity index (χ2v) is 9.59. The molecule has 2 saturated carbocycles. The van der Waals surface area contributed by atoms with Gasteiger partial charge in [0.1, 0.15) is 0 Å². The highest BCUT2D eigenvalue weighted by Gasteiger charge is 2.58. The lowest BCUT2D eigenvalue weighted by atomic mass is 9.48. The fourth-order valence-corrected chi connectivity index (χ4v) is 7.13. The Bertz CT molecular complexity index is 800. The van der Waals surface area contributed by atoms with Crippen molar-refractivity contribution in [3.63, 3.8) is 0 Å². The molecule has 0 amide bonds. The lowest BCUT2D eigenvalue weighted by Crippen LogP contribution is -2.48. The van der Waals surface area contributed by atoms with E-state index in [2.05, 4.69) is 49.3 Å². The summed E-state index contributed by atoms with van der Waals surface area (Å²) in [7, 11) is 0. The Hall–Kier alpha value is -1.41. The first-order valence-corrected chi connectivity index (χ1v) is 10.4. The van der Waals surface area contributed by atoms with Crippen LogP contribution in [0.15, 0.2) is 48.3 Å². The highest BCUT2D eigenvalue weighted by atomic mass is 35.5. The number of hydrogen-bond acceptors (Lipinski definition) is 2. The third kappa shape index (κ3) is 2.67. The van der Waals surface area contributed by atoms with Crippen LogP contribution in [-0.4, -0.2) is 10.8 Å². The van der Waals surface area contributed by atoms with Gasteiger partial charge in [-0.3, -0.25) is 9.78 Å². The first-order valence-electron chi connectivity index (χ1n) is 10.4. The first kappa shape index (κ1) is 18.9. The summed E-state index contributed by atoms with van der Waals surface area (Å²) in [4.78, 5) is 16.3. The quantitative estimate of drug-likeness (QED) is 0.604. The zero-order chi connectivity index (χ0) is 17.9. The molecule has 27 heavy (non-hydrogen) atoms. The molecule has 4 aliphatic carbocycles. The number of carbonyl (C=O) groups is 1. The molecule has 2 fully saturated rings. The molecule has 4 aliphatic rings. The summed E-state index contributed by atoms with van der Waals surface area (Å²) in [5, 5.41) is 0. The number of ketones is 1. The van der Waals surface area contributed by atoms with Crippen molar-refractivity contribution >= 4 is 18.2 Å². The van der Waals surface area contributed by atoms with Crippen molar-refractivity contribution in [2.75, 3.05) is 0 Å². The zero-order valence-corrected chi connectivity index (χ0v) is 17.2. The van der Waals surface area contributed by atoms with Gasteiger partial charge in [0.2, 0.25) is 0 Å². The van der Waals surface area contributed by atoms with Gasteiger partial charge in [-0.25, -0.2) is 0 Å². The van der Waals surface area contributed by atoms with E-state index in [4.69, 9.17) is 0 Å². The Morgan fingerprint density at radius 3 is 2.74 bits per heavy atom. The van der Waals surface area contributed by atoms with E-state index in [1.807, 2.05) is 12.3 Å². The summed E-state index contributed by atoms with van der Waals surface area (Å²) in [5.41, 5.74) is 3.34. The second-order valence-electron chi connectivity index (χ2n) is 9.59. The zero-order valence-electron chi connectivity index (χ0n) is 16.4. The van der Waals surface area contributed by atoms with Crippen molar-refractivity contribution in [1.82, 2.24) is 4.98 Å². The maximum absolute atomic E-state index is 11.9. The Labute approximate surface area is 168 Å². The van der Waals surface area contributed by atoms with Crippen molar-refractivity contribution in [3.05, 3.63) is 53.9 Å². The van der Waals surface area contributed by atoms with Crippen LogP contribution in [0.1, 0.15) is 63.9 Å². The second kappa shape index (κ2) is 6.58. The molecule has 0 N–H and O–H groups in total. The topological polar surface area (TPSA) is 30.0 Å². The van der Waals surface area contributed by atoms with Gasteiger partial charge in [0, 0.05) is 18.8 Å². The smallest absolute Gasteiger partial charge is 0.156 e. The number of fused-ring (bicyclic) bond motifs is 5. The predicted octanol–water partition coefficient (Wildman–Crippen LogP) is 5.89. The van der Waals surface area contributed by atoms with Crippen LogP contribution in [0.2, 0.25) is 0 Å². The Morgan fingerprint density at radius 2 is 1.96 bits per heavy atom. The number of pyridine rings is 1. The lowest BCUT2D eigenvalue weighted by molar-refractivity contribution is -0.116. The molecule has 1 aromatic rings. The van der Waals surface area contributed by atoms with Crippen molar-refractivity contribution in [2.24, 2.45) is 28.6 Å². The van der Waals surface area contributed by atoms with Gasteiger partial charge in [-0.15, -0.1) is 12.4 Å². The molecule has 0 saturated heterocycles. The highest BCUT2D eigenvalue weighted by Crippen LogP contribution is 2.66. The summed E-state index contributed by atoms with van der Waals surface area (Å²) >= 11 is 0. The number of hydrogen-bond donors (Lipinski definition) is 0. The van der Waals surface area contributed by atoms with E-state index < -0.39 is 0 Å². The van der Waals surface area contributed by atoms with E-state index in [9.17, 15) is 4.79 Å². The molecule has 0 bridgehead atoms. The van der Waals surface area contributed by atoms with E-state index in [1.54, 1.807) is 0 Å². The number of nitrogens with zero attached hydrogens (tertiary/aromatic N) is 1. The van der Waals surface area contributed by atoms with E-state index in [-0.39, 0.29) is 17.8 Å². The minimum atomic E-state index is 0. The summed E-state index contributed by atoms with van der Waals surface area (Å²) in [6, 6.07) is 4.37. The van der Waals surface area contributed by atoms with Crippen molar-refractivity contribution in [1.29, 1.82) is 0 Å². The summed E-state index contributed by atoms with van der Waals surface area (Å²) in [5.74, 6) is 3.11. The molecule has 0 radical (unpaired) electrons. The van der Waals surface area contributed by atoms with Gasteiger partial charge in [0.25, 0.3) is 0 Å². The van der Waals surface area contributed by atoms with Crippen molar-refractivity contribution in [2.45, 2.75) is 58.3 Å². The maximum atomic E-state index is 11.9. The van der Waals surface area contributed by atoms with Gasteiger partial charge in [0.05, 0.1) is 0 Å². The Balaban J connectivity index is 0.00000180. The van der Waals surface area contributed by atoms with Gasteiger partial charge < -0.3 is 0 Å². The molecular formula is C24H30ClNO. The highest BCUT2D eigenvalue weighted by molar-refractivity contribution is 5.92. The Morgan fingerprint density at radius 1 is 1.11 bits per heavy atom. The number of aromatic nitrogens is 1. The van der Waals surface area contributed by atoms with Crippen molar-refractivity contribution < 1.29 is 4.79 Å². The average Bonchev–Trinajstić information content (AvgIpc) is 3.00. The summed E-state index contributed by atoms with van der Waals surface area (Å²) in [6.07, 6.45) is 17.7. The largest absolute Gasteiger partial charge is 0.295 e. The molecule has 1 aromatic heterocycles. The van der Waals surface area contributed by atoms with Crippen LogP contribution >= 0.6 is 12.4 Å². The fourth-order valence-electron chi connectivity index (χ4n) is 7.13. The van der Waals surface area contributed by atoms with Crippen LogP contribution in [-0.2, 0) is 4.79 Å². The molecule has 3 heteroatoms. The van der Waals surface area contributed by atoms with Crippen LogP contribution in [0, 0.1) is 28.6 Å². The first-order chi connectivity index (χ1) is 12.5. The average molecular weight is 384 g/mol. The molecule has 1 heterocycles. The van der Waals surface area contributed by atoms with E-state index >= 15 is 0 Å². The number of halogens is 1. The van der Waals surface area contributed by atoms with Crippen LogP contribution in [0.4, 0.5) is 0 Å². The van der Waals surface area contributed by atoms with Gasteiger partial charge in [0.15, 0.2) is 5.78 Å². The third-order valence-electron chi connectivity index (χ3n) is 8.60. The molecule has 2 nitrogen and oxygen atoms in total. The van der Waals surface area contributed by atoms with Crippen LogP contribution < -0.4 is 0 Å². The molecule has 1 unspecified atom stereocenters. The van der Waals surface area contributed by atoms with E-state index in [0.29, 0.717) is 29.0 Å². The van der Waals surface area contributed by atoms with Gasteiger partial charge in [-0.05, 0) is 89.9 Å². The van der Waals surface area contributed by atoms with Crippen LogP contribution in [0.5, 0.6) is 0 Å². The number of rotatable bonds is 1.